The number of carbonyl (C=O) groups is 1. The second-order valence-corrected chi connectivity index (χ2v) is 6.41. The molecule has 6 atom stereocenters. The topological polar surface area (TPSA) is 107 Å². The van der Waals surface area contributed by atoms with Gasteiger partial charge in [0.2, 0.25) is 0 Å². The zero-order valence-corrected chi connectivity index (χ0v) is 13.9. The quantitative estimate of drug-likeness (QED) is 0.412. The van der Waals surface area contributed by atoms with E-state index in [4.69, 9.17) is 9.84 Å². The highest BCUT2D eigenvalue weighted by Gasteiger charge is 2.37. The predicted octanol–water partition coefficient (Wildman–Crippen LogP) is 1.11. The Hall–Kier alpha value is -1.21. The van der Waals surface area contributed by atoms with E-state index < -0.39 is 30.4 Å². The van der Waals surface area contributed by atoms with Crippen LogP contribution < -0.4 is 0 Å². The Bertz CT molecular complexity index is 442. The van der Waals surface area contributed by atoms with E-state index in [2.05, 4.69) is 0 Å². The first-order valence-corrected chi connectivity index (χ1v) is 7.95. The van der Waals surface area contributed by atoms with E-state index in [9.17, 15) is 20.1 Å². The third kappa shape index (κ3) is 6.43. The summed E-state index contributed by atoms with van der Waals surface area (Å²) >= 11 is 0. The lowest BCUT2D eigenvalue weighted by Gasteiger charge is -2.37. The van der Waals surface area contributed by atoms with Crippen molar-refractivity contribution in [2.24, 2.45) is 11.8 Å². The molecule has 0 aromatic rings. The van der Waals surface area contributed by atoms with Gasteiger partial charge in [-0.3, -0.25) is 0 Å². The first-order chi connectivity index (χ1) is 10.7. The Kier molecular flexibility index (Phi) is 7.91. The monoisotopic (exact) mass is 328 g/mol. The first-order valence-electron chi connectivity index (χ1n) is 7.95. The van der Waals surface area contributed by atoms with Crippen molar-refractivity contribution in [1.82, 2.24) is 0 Å². The van der Waals surface area contributed by atoms with Gasteiger partial charge in [0.05, 0.1) is 24.9 Å². The second-order valence-electron chi connectivity index (χ2n) is 6.41. The van der Waals surface area contributed by atoms with Crippen LogP contribution in [0.15, 0.2) is 23.8 Å². The Morgan fingerprint density at radius 1 is 1.30 bits per heavy atom. The molecule has 4 N–H and O–H groups in total. The van der Waals surface area contributed by atoms with Crippen LogP contribution in [0, 0.1) is 11.8 Å². The number of allylic oxidation sites excluding steroid dienone is 1. The fourth-order valence-corrected chi connectivity index (χ4v) is 2.55. The van der Waals surface area contributed by atoms with Crippen molar-refractivity contribution in [3.05, 3.63) is 23.8 Å². The molecule has 0 spiro atoms. The van der Waals surface area contributed by atoms with Crippen LogP contribution in [-0.2, 0) is 9.53 Å². The largest absolute Gasteiger partial charge is 0.478 e. The molecule has 0 amide bonds. The minimum absolute atomic E-state index is 0.0260. The predicted molar refractivity (Wildman–Crippen MR) is 85.9 cm³/mol. The van der Waals surface area contributed by atoms with Crippen molar-refractivity contribution >= 4 is 5.97 Å². The molecule has 1 aliphatic heterocycles. The maximum atomic E-state index is 10.6. The SMILES string of the molecule is CC(=CC(=O)O)C[C@@H]1OC[C@H](CC=C[C@@H](C)[C@H](C)O)[C@@H](O)[C@H]1O. The van der Waals surface area contributed by atoms with Crippen molar-refractivity contribution in [3.8, 4) is 0 Å². The summed E-state index contributed by atoms with van der Waals surface area (Å²) in [6, 6.07) is 0. The summed E-state index contributed by atoms with van der Waals surface area (Å²) in [6.07, 6.45) is 2.67. The average molecular weight is 328 g/mol. The van der Waals surface area contributed by atoms with E-state index >= 15 is 0 Å². The first kappa shape index (κ1) is 19.8. The van der Waals surface area contributed by atoms with E-state index in [0.29, 0.717) is 18.6 Å². The molecule has 1 aliphatic rings. The standard InChI is InChI=1S/C17H28O6/c1-10(8-15(19)20)7-14-17(22)16(21)13(9-23-14)6-4-5-11(2)12(3)18/h4-5,8,11-14,16-18,21-22H,6-7,9H2,1-3H3,(H,19,20)/t11-,12+,13+,14+,16-,17+/m1/s1. The fourth-order valence-electron chi connectivity index (χ4n) is 2.55. The molecule has 0 aliphatic carbocycles. The number of ether oxygens (including phenoxy) is 1. The molecule has 0 unspecified atom stereocenters. The highest BCUT2D eigenvalue weighted by Crippen LogP contribution is 2.27. The van der Waals surface area contributed by atoms with Crippen molar-refractivity contribution in [2.75, 3.05) is 6.61 Å². The van der Waals surface area contributed by atoms with Gasteiger partial charge in [-0.25, -0.2) is 4.79 Å². The number of aliphatic carboxylic acids is 1. The highest BCUT2D eigenvalue weighted by atomic mass is 16.5. The van der Waals surface area contributed by atoms with Gasteiger partial charge >= 0.3 is 5.97 Å². The Labute approximate surface area is 137 Å². The summed E-state index contributed by atoms with van der Waals surface area (Å²) in [6.45, 7) is 5.58. The van der Waals surface area contributed by atoms with Gasteiger partial charge in [-0.15, -0.1) is 0 Å². The summed E-state index contributed by atoms with van der Waals surface area (Å²) in [7, 11) is 0. The molecule has 0 aromatic carbocycles. The molecule has 1 rings (SSSR count). The highest BCUT2D eigenvalue weighted by molar-refractivity contribution is 5.80. The van der Waals surface area contributed by atoms with Gasteiger partial charge < -0.3 is 25.2 Å². The van der Waals surface area contributed by atoms with Gasteiger partial charge in [-0.05, 0) is 32.6 Å². The molecule has 0 aromatic heterocycles. The van der Waals surface area contributed by atoms with Crippen molar-refractivity contribution in [3.63, 3.8) is 0 Å². The molecule has 0 saturated carbocycles. The fraction of sp³-hybridized carbons (Fsp3) is 0.706. The van der Waals surface area contributed by atoms with Gasteiger partial charge in [-0.2, -0.15) is 0 Å². The summed E-state index contributed by atoms with van der Waals surface area (Å²) < 4.78 is 5.60. The van der Waals surface area contributed by atoms with Crippen LogP contribution in [0.25, 0.3) is 0 Å². The average Bonchev–Trinajstić information content (AvgIpc) is 2.45. The molecule has 0 radical (unpaired) electrons. The van der Waals surface area contributed by atoms with E-state index in [1.165, 1.54) is 0 Å². The molecule has 132 valence electrons. The lowest BCUT2D eigenvalue weighted by Crippen LogP contribution is -2.50. The van der Waals surface area contributed by atoms with Gasteiger partial charge in [0, 0.05) is 12.0 Å². The van der Waals surface area contributed by atoms with E-state index in [-0.39, 0.29) is 18.3 Å². The zero-order chi connectivity index (χ0) is 17.6. The van der Waals surface area contributed by atoms with Crippen LogP contribution in [0.5, 0.6) is 0 Å². The second kappa shape index (κ2) is 9.17. The Morgan fingerprint density at radius 2 is 1.96 bits per heavy atom. The van der Waals surface area contributed by atoms with E-state index in [0.717, 1.165) is 6.08 Å². The summed E-state index contributed by atoms with van der Waals surface area (Å²) in [5.74, 6) is -1.23. The molecular weight excluding hydrogens is 300 g/mol. The smallest absolute Gasteiger partial charge is 0.328 e. The van der Waals surface area contributed by atoms with Crippen LogP contribution in [0.3, 0.4) is 0 Å². The summed E-state index contributed by atoms with van der Waals surface area (Å²) in [4.78, 5) is 10.6. The van der Waals surface area contributed by atoms with E-state index in [1.54, 1.807) is 13.8 Å². The Balaban J connectivity index is 2.55. The molecule has 6 heteroatoms. The number of hydrogen-bond donors (Lipinski definition) is 4. The van der Waals surface area contributed by atoms with Crippen LogP contribution in [0.2, 0.25) is 0 Å². The number of aliphatic hydroxyl groups is 3. The van der Waals surface area contributed by atoms with Gasteiger partial charge in [-0.1, -0.05) is 24.6 Å². The maximum absolute atomic E-state index is 10.6. The summed E-state index contributed by atoms with van der Waals surface area (Å²) in [5, 5.41) is 38.5. The molecule has 1 fully saturated rings. The number of aliphatic hydroxyl groups excluding tert-OH is 3. The lowest BCUT2D eigenvalue weighted by atomic mass is 9.87. The van der Waals surface area contributed by atoms with Crippen LogP contribution in [0.4, 0.5) is 0 Å². The Morgan fingerprint density at radius 3 is 2.52 bits per heavy atom. The number of rotatable bonds is 7. The molecule has 1 heterocycles. The lowest BCUT2D eigenvalue weighted by molar-refractivity contribution is -0.162. The van der Waals surface area contributed by atoms with Gasteiger partial charge in [0.15, 0.2) is 0 Å². The van der Waals surface area contributed by atoms with Gasteiger partial charge in [0.25, 0.3) is 0 Å². The molecular formula is C17H28O6. The third-order valence-corrected chi connectivity index (χ3v) is 4.27. The number of carboxylic acids is 1. The van der Waals surface area contributed by atoms with E-state index in [1.807, 2.05) is 19.1 Å². The normalized spacial score (nSPS) is 32.0. The number of hydrogen-bond acceptors (Lipinski definition) is 5. The zero-order valence-electron chi connectivity index (χ0n) is 13.9. The van der Waals surface area contributed by atoms with Crippen LogP contribution >= 0.6 is 0 Å². The van der Waals surface area contributed by atoms with Crippen LogP contribution in [-0.4, -0.2) is 57.4 Å². The molecule has 0 bridgehead atoms. The number of carboxylic acid groups (broad SMARTS) is 1. The minimum atomic E-state index is -1.05. The van der Waals surface area contributed by atoms with Crippen molar-refractivity contribution < 1.29 is 30.0 Å². The molecule has 6 nitrogen and oxygen atoms in total. The third-order valence-electron chi connectivity index (χ3n) is 4.27. The minimum Gasteiger partial charge on any atom is -0.478 e. The maximum Gasteiger partial charge on any atom is 0.328 e. The molecule has 23 heavy (non-hydrogen) atoms. The van der Waals surface area contributed by atoms with Crippen LogP contribution in [0.1, 0.15) is 33.6 Å². The summed E-state index contributed by atoms with van der Waals surface area (Å²) in [5.41, 5.74) is 0.581. The molecule has 1 saturated heterocycles. The van der Waals surface area contributed by atoms with Crippen molar-refractivity contribution in [2.45, 2.75) is 58.0 Å². The van der Waals surface area contributed by atoms with Gasteiger partial charge in [0.1, 0.15) is 6.10 Å². The van der Waals surface area contributed by atoms with Crippen molar-refractivity contribution in [1.29, 1.82) is 0 Å².